The number of rotatable bonds is 5. The lowest BCUT2D eigenvalue weighted by atomic mass is 10.00. The number of hydrogen-bond acceptors (Lipinski definition) is 3. The van der Waals surface area contributed by atoms with Crippen molar-refractivity contribution in [1.29, 1.82) is 0 Å². The molecule has 0 aliphatic heterocycles. The van der Waals surface area contributed by atoms with Crippen molar-refractivity contribution in [2.45, 2.75) is 26.9 Å². The van der Waals surface area contributed by atoms with Gasteiger partial charge in [-0.15, -0.1) is 0 Å². The molecule has 0 aliphatic carbocycles. The maximum Gasteiger partial charge on any atom is 0.226 e. The topological polar surface area (TPSA) is 72.6 Å². The molecule has 1 rings (SSSR count). The third kappa shape index (κ3) is 3.75. The molecule has 0 aromatic heterocycles. The van der Waals surface area contributed by atoms with Crippen LogP contribution in [-0.4, -0.2) is 23.7 Å². The molecule has 93 valence electrons. The van der Waals surface area contributed by atoms with E-state index in [1.807, 2.05) is 13.8 Å². The van der Waals surface area contributed by atoms with Crippen LogP contribution in [0, 0.1) is 20.3 Å². The highest BCUT2D eigenvalue weighted by Gasteiger charge is 2.10. The highest BCUT2D eigenvalue weighted by Crippen LogP contribution is 2.25. The summed E-state index contributed by atoms with van der Waals surface area (Å²) in [6, 6.07) is 3.56. The second-order valence-corrected chi connectivity index (χ2v) is 4.11. The zero-order valence-corrected chi connectivity index (χ0v) is 10.4. The first-order valence-corrected chi connectivity index (χ1v) is 5.47. The molecular weight excluding hydrogens is 218 g/mol. The van der Waals surface area contributed by atoms with E-state index in [9.17, 15) is 4.79 Å². The molecule has 0 fully saturated rings. The maximum absolute atomic E-state index is 10.8. The Morgan fingerprint density at radius 1 is 1.47 bits per heavy atom. The average molecular weight is 236 g/mol. The van der Waals surface area contributed by atoms with Crippen LogP contribution in [0.5, 0.6) is 5.75 Å². The predicted molar refractivity (Wildman–Crippen MR) is 65.7 cm³/mol. The van der Waals surface area contributed by atoms with Gasteiger partial charge in [0.2, 0.25) is 5.91 Å². The lowest BCUT2D eigenvalue weighted by Gasteiger charge is -2.14. The molecule has 0 saturated carbocycles. The van der Waals surface area contributed by atoms with E-state index in [1.165, 1.54) is 6.42 Å². The van der Waals surface area contributed by atoms with Gasteiger partial charge in [0.1, 0.15) is 12.4 Å². The highest BCUT2D eigenvalue weighted by atomic mass is 16.5. The van der Waals surface area contributed by atoms with Gasteiger partial charge in [-0.05, 0) is 43.5 Å². The summed E-state index contributed by atoms with van der Waals surface area (Å²) in [5.74, 6) is 0.246. The molecule has 0 unspecified atom stereocenters. The van der Waals surface area contributed by atoms with E-state index >= 15 is 0 Å². The predicted octanol–water partition coefficient (Wildman–Crippen LogP) is 1.10. The Balaban J connectivity index is 2.90. The van der Waals surface area contributed by atoms with Crippen molar-refractivity contribution in [3.8, 4) is 5.75 Å². The number of amides is 1. The van der Waals surface area contributed by atoms with Crippen molar-refractivity contribution in [2.24, 2.45) is 5.73 Å². The minimum atomic E-state index is -0.508. The van der Waals surface area contributed by atoms with Gasteiger partial charge in [0.15, 0.2) is 0 Å². The Kier molecular flexibility index (Phi) is 4.52. The zero-order valence-electron chi connectivity index (χ0n) is 10.4. The van der Waals surface area contributed by atoms with Gasteiger partial charge in [0.25, 0.3) is 0 Å². The molecule has 1 atom stereocenters. The van der Waals surface area contributed by atoms with Crippen molar-refractivity contribution < 1.29 is 14.6 Å². The van der Waals surface area contributed by atoms with E-state index in [1.54, 1.807) is 19.1 Å². The summed E-state index contributed by atoms with van der Waals surface area (Å²) in [7, 11) is 0. The van der Waals surface area contributed by atoms with E-state index in [0.29, 0.717) is 5.75 Å². The molecule has 17 heavy (non-hydrogen) atoms. The molecule has 1 aromatic rings. The Bertz CT molecular complexity index is 413. The van der Waals surface area contributed by atoms with Crippen molar-refractivity contribution in [3.05, 3.63) is 35.2 Å². The summed E-state index contributed by atoms with van der Waals surface area (Å²) >= 11 is 0. The lowest BCUT2D eigenvalue weighted by Crippen LogP contribution is -2.15. The number of aliphatic hydroxyl groups excluding tert-OH is 1. The van der Waals surface area contributed by atoms with Gasteiger partial charge in [-0.1, -0.05) is 6.07 Å². The van der Waals surface area contributed by atoms with Gasteiger partial charge in [0, 0.05) is 0 Å². The molecule has 3 N–H and O–H groups in total. The SMILES string of the molecule is Cc1c([CH]C(N)=O)ccc(OC[C@@H](C)O)c1C. The first-order chi connectivity index (χ1) is 7.91. The highest BCUT2D eigenvalue weighted by molar-refractivity contribution is 5.87. The quantitative estimate of drug-likeness (QED) is 0.804. The van der Waals surface area contributed by atoms with Crippen molar-refractivity contribution in [1.82, 2.24) is 0 Å². The minimum Gasteiger partial charge on any atom is -0.491 e. The fraction of sp³-hybridized carbons (Fsp3) is 0.385. The fourth-order valence-electron chi connectivity index (χ4n) is 1.49. The Morgan fingerprint density at radius 2 is 2.12 bits per heavy atom. The number of primary amides is 1. The summed E-state index contributed by atoms with van der Waals surface area (Å²) in [5, 5.41) is 9.16. The second kappa shape index (κ2) is 5.68. The van der Waals surface area contributed by atoms with Crippen LogP contribution in [0.25, 0.3) is 0 Å². The number of carbonyl (C=O) groups is 1. The molecule has 4 heteroatoms. The maximum atomic E-state index is 10.8. The fourth-order valence-corrected chi connectivity index (χ4v) is 1.49. The van der Waals surface area contributed by atoms with Gasteiger partial charge in [-0.2, -0.15) is 0 Å². The standard InChI is InChI=1S/C13H18NO3/c1-8(15)7-17-12-5-4-11(6-13(14)16)9(2)10(12)3/h4-6,8,15H,7H2,1-3H3,(H2,14,16)/t8-/m1/s1. The van der Waals surface area contributed by atoms with E-state index in [-0.39, 0.29) is 6.61 Å². The molecule has 1 radical (unpaired) electrons. The van der Waals surface area contributed by atoms with Crippen molar-refractivity contribution in [2.75, 3.05) is 6.61 Å². The Labute approximate surface area is 101 Å². The second-order valence-electron chi connectivity index (χ2n) is 4.11. The monoisotopic (exact) mass is 236 g/mol. The van der Waals surface area contributed by atoms with Gasteiger partial charge in [0.05, 0.1) is 12.5 Å². The van der Waals surface area contributed by atoms with Crippen LogP contribution in [0.3, 0.4) is 0 Å². The van der Waals surface area contributed by atoms with Crippen LogP contribution < -0.4 is 10.5 Å². The number of nitrogens with two attached hydrogens (primary N) is 1. The summed E-state index contributed by atoms with van der Waals surface area (Å²) < 4.78 is 5.46. The van der Waals surface area contributed by atoms with Crippen LogP contribution in [-0.2, 0) is 4.79 Å². The first-order valence-electron chi connectivity index (χ1n) is 5.47. The van der Waals surface area contributed by atoms with E-state index < -0.39 is 12.0 Å². The van der Waals surface area contributed by atoms with Gasteiger partial charge >= 0.3 is 0 Å². The third-order valence-corrected chi connectivity index (χ3v) is 2.56. The van der Waals surface area contributed by atoms with Gasteiger partial charge < -0.3 is 15.6 Å². The average Bonchev–Trinajstić information content (AvgIpc) is 2.23. The molecule has 1 aromatic carbocycles. The lowest BCUT2D eigenvalue weighted by molar-refractivity contribution is -0.114. The van der Waals surface area contributed by atoms with E-state index in [2.05, 4.69) is 0 Å². The summed E-state index contributed by atoms with van der Waals surface area (Å²) in [5.41, 5.74) is 7.81. The van der Waals surface area contributed by atoms with Crippen LogP contribution in [0.1, 0.15) is 23.6 Å². The number of hydrogen-bond donors (Lipinski definition) is 2. The molecule has 0 heterocycles. The van der Waals surface area contributed by atoms with Crippen LogP contribution >= 0.6 is 0 Å². The molecule has 0 spiro atoms. The van der Waals surface area contributed by atoms with Crippen LogP contribution in [0.4, 0.5) is 0 Å². The summed E-state index contributed by atoms with van der Waals surface area (Å²) in [4.78, 5) is 10.8. The first kappa shape index (κ1) is 13.5. The summed E-state index contributed by atoms with van der Waals surface area (Å²) in [6.07, 6.45) is 0.882. The molecule has 0 bridgehead atoms. The normalized spacial score (nSPS) is 12.2. The number of aliphatic hydroxyl groups is 1. The van der Waals surface area contributed by atoms with Gasteiger partial charge in [-0.25, -0.2) is 0 Å². The molecule has 0 saturated heterocycles. The Hall–Kier alpha value is -1.55. The largest absolute Gasteiger partial charge is 0.491 e. The number of ether oxygens (including phenoxy) is 1. The minimum absolute atomic E-state index is 0.249. The van der Waals surface area contributed by atoms with Crippen molar-refractivity contribution >= 4 is 5.91 Å². The van der Waals surface area contributed by atoms with Crippen molar-refractivity contribution in [3.63, 3.8) is 0 Å². The molecule has 4 nitrogen and oxygen atoms in total. The molecular formula is C13H18NO3. The summed E-state index contributed by atoms with van der Waals surface area (Å²) in [6.45, 7) is 5.72. The smallest absolute Gasteiger partial charge is 0.226 e. The number of carbonyl (C=O) groups excluding carboxylic acids is 1. The number of benzene rings is 1. The van der Waals surface area contributed by atoms with Crippen LogP contribution in [0.15, 0.2) is 12.1 Å². The molecule has 1 amide bonds. The van der Waals surface area contributed by atoms with Gasteiger partial charge in [-0.3, -0.25) is 4.79 Å². The molecule has 0 aliphatic rings. The van der Waals surface area contributed by atoms with E-state index in [4.69, 9.17) is 15.6 Å². The van der Waals surface area contributed by atoms with E-state index in [0.717, 1.165) is 16.7 Å². The third-order valence-electron chi connectivity index (χ3n) is 2.56. The zero-order chi connectivity index (χ0) is 13.0. The van der Waals surface area contributed by atoms with Crippen LogP contribution in [0.2, 0.25) is 0 Å². The Morgan fingerprint density at radius 3 is 2.65 bits per heavy atom.